The molecule has 114 valence electrons. The lowest BCUT2D eigenvalue weighted by Crippen LogP contribution is -2.85. The predicted molar refractivity (Wildman–Crippen MR) is 78.7 cm³/mol. The SMILES string of the molecule is O=C([O-])c1cccc2ccccc12.OCCC[NH2+]CCO. The van der Waals surface area contributed by atoms with Gasteiger partial charge >= 0.3 is 0 Å². The first-order chi connectivity index (χ1) is 10.2. The molecule has 0 aliphatic carbocycles. The van der Waals surface area contributed by atoms with Crippen molar-refractivity contribution in [3.63, 3.8) is 0 Å². The summed E-state index contributed by atoms with van der Waals surface area (Å²) in [6, 6.07) is 12.5. The van der Waals surface area contributed by atoms with Gasteiger partial charge in [-0.15, -0.1) is 0 Å². The Morgan fingerprint density at radius 2 is 1.71 bits per heavy atom. The molecule has 0 bridgehead atoms. The van der Waals surface area contributed by atoms with Crippen LogP contribution in [-0.4, -0.2) is 42.5 Å². The van der Waals surface area contributed by atoms with Crippen molar-refractivity contribution < 1.29 is 25.4 Å². The van der Waals surface area contributed by atoms with Crippen LogP contribution in [0.5, 0.6) is 0 Å². The molecule has 0 unspecified atom stereocenters. The van der Waals surface area contributed by atoms with Crippen molar-refractivity contribution in [2.45, 2.75) is 6.42 Å². The molecule has 5 nitrogen and oxygen atoms in total. The standard InChI is InChI=1S/C11H8O2.C5H13NO2/c12-11(13)10-7-3-5-8-4-1-2-6-9(8)10;7-4-1-2-6-3-5-8/h1-7H,(H,12,13);6-8H,1-5H2. The van der Waals surface area contributed by atoms with Gasteiger partial charge in [0.05, 0.1) is 25.7 Å². The van der Waals surface area contributed by atoms with Crippen LogP contribution < -0.4 is 10.4 Å². The molecule has 0 aliphatic heterocycles. The van der Waals surface area contributed by atoms with Crippen molar-refractivity contribution >= 4 is 16.7 Å². The minimum atomic E-state index is -1.13. The number of aliphatic hydroxyl groups is 2. The molecule has 0 aromatic heterocycles. The summed E-state index contributed by atoms with van der Waals surface area (Å²) >= 11 is 0. The molecule has 0 saturated heterocycles. The maximum absolute atomic E-state index is 10.7. The zero-order chi connectivity index (χ0) is 15.5. The second kappa shape index (κ2) is 9.88. The lowest BCUT2D eigenvalue weighted by molar-refractivity contribution is -0.656. The number of hydrogen-bond acceptors (Lipinski definition) is 4. The number of aliphatic hydroxyl groups excluding tert-OH is 2. The Kier molecular flexibility index (Phi) is 8.04. The van der Waals surface area contributed by atoms with Gasteiger partial charge in [-0.1, -0.05) is 42.5 Å². The van der Waals surface area contributed by atoms with Gasteiger partial charge in [0.25, 0.3) is 0 Å². The Balaban J connectivity index is 0.000000240. The fourth-order valence-electron chi connectivity index (χ4n) is 1.87. The molecular formula is C16H21NO4. The molecule has 5 heteroatoms. The molecule has 0 atom stereocenters. The quantitative estimate of drug-likeness (QED) is 0.603. The van der Waals surface area contributed by atoms with Crippen LogP contribution in [0.25, 0.3) is 10.8 Å². The lowest BCUT2D eigenvalue weighted by atomic mass is 10.1. The van der Waals surface area contributed by atoms with Crippen molar-refractivity contribution in [2.75, 3.05) is 26.3 Å². The fraction of sp³-hybridized carbons (Fsp3) is 0.312. The average molecular weight is 291 g/mol. The zero-order valence-electron chi connectivity index (χ0n) is 11.9. The molecule has 21 heavy (non-hydrogen) atoms. The molecular weight excluding hydrogens is 270 g/mol. The molecule has 0 aliphatic rings. The normalized spacial score (nSPS) is 10.0. The van der Waals surface area contributed by atoms with Gasteiger partial charge in [-0.05, 0) is 10.8 Å². The maximum atomic E-state index is 10.7. The van der Waals surface area contributed by atoms with E-state index in [0.29, 0.717) is 0 Å². The number of rotatable bonds is 6. The Morgan fingerprint density at radius 3 is 2.38 bits per heavy atom. The minimum absolute atomic E-state index is 0.228. The summed E-state index contributed by atoms with van der Waals surface area (Å²) in [5.74, 6) is -1.13. The number of fused-ring (bicyclic) bond motifs is 1. The molecule has 0 fully saturated rings. The van der Waals surface area contributed by atoms with E-state index in [2.05, 4.69) is 0 Å². The van der Waals surface area contributed by atoms with Crippen LogP contribution in [0.3, 0.4) is 0 Å². The number of aromatic carboxylic acids is 1. The molecule has 0 spiro atoms. The van der Waals surface area contributed by atoms with Gasteiger partial charge in [0.2, 0.25) is 0 Å². The van der Waals surface area contributed by atoms with Crippen LogP contribution in [0.4, 0.5) is 0 Å². The number of carboxylic acid groups (broad SMARTS) is 1. The first-order valence-electron chi connectivity index (χ1n) is 6.93. The molecule has 2 aromatic rings. The van der Waals surface area contributed by atoms with Crippen molar-refractivity contribution in [1.82, 2.24) is 0 Å². The predicted octanol–water partition coefficient (Wildman–Crippen LogP) is -0.872. The number of carbonyl (C=O) groups excluding carboxylic acids is 1. The highest BCUT2D eigenvalue weighted by Gasteiger charge is 1.99. The van der Waals surface area contributed by atoms with Crippen molar-refractivity contribution in [2.24, 2.45) is 0 Å². The highest BCUT2D eigenvalue weighted by Crippen LogP contribution is 2.17. The van der Waals surface area contributed by atoms with Crippen molar-refractivity contribution in [3.8, 4) is 0 Å². The van der Waals surface area contributed by atoms with Gasteiger partial charge < -0.3 is 25.4 Å². The van der Waals surface area contributed by atoms with Crippen LogP contribution in [-0.2, 0) is 0 Å². The summed E-state index contributed by atoms with van der Waals surface area (Å²) < 4.78 is 0. The maximum Gasteiger partial charge on any atom is 0.0990 e. The third-order valence-corrected chi connectivity index (χ3v) is 2.91. The van der Waals surface area contributed by atoms with Gasteiger partial charge in [-0.25, -0.2) is 0 Å². The van der Waals surface area contributed by atoms with Gasteiger partial charge in [-0.2, -0.15) is 0 Å². The number of carboxylic acids is 1. The summed E-state index contributed by atoms with van der Waals surface area (Å²) in [6.45, 7) is 2.14. The van der Waals surface area contributed by atoms with Gasteiger partial charge in [0.15, 0.2) is 0 Å². The summed E-state index contributed by atoms with van der Waals surface area (Å²) in [5.41, 5.74) is 0.248. The number of hydrogen-bond donors (Lipinski definition) is 3. The monoisotopic (exact) mass is 291 g/mol. The highest BCUT2D eigenvalue weighted by atomic mass is 16.4. The molecule has 2 aromatic carbocycles. The third kappa shape index (κ3) is 5.91. The zero-order valence-corrected chi connectivity index (χ0v) is 11.9. The van der Waals surface area contributed by atoms with E-state index in [1.54, 1.807) is 18.2 Å². The second-order valence-electron chi connectivity index (χ2n) is 4.48. The molecule has 2 rings (SSSR count). The molecule has 0 radical (unpaired) electrons. The minimum Gasteiger partial charge on any atom is -0.545 e. The second-order valence-corrected chi connectivity index (χ2v) is 4.48. The van der Waals surface area contributed by atoms with E-state index in [0.717, 1.165) is 30.3 Å². The van der Waals surface area contributed by atoms with Crippen molar-refractivity contribution in [1.29, 1.82) is 0 Å². The molecule has 4 N–H and O–H groups in total. The van der Waals surface area contributed by atoms with E-state index in [-0.39, 0.29) is 18.8 Å². The van der Waals surface area contributed by atoms with E-state index in [1.807, 2.05) is 29.6 Å². The summed E-state index contributed by atoms with van der Waals surface area (Å²) in [7, 11) is 0. The van der Waals surface area contributed by atoms with E-state index in [9.17, 15) is 9.90 Å². The van der Waals surface area contributed by atoms with Crippen LogP contribution in [0.15, 0.2) is 42.5 Å². The summed E-state index contributed by atoms with van der Waals surface area (Å²) in [6.07, 6.45) is 0.819. The molecule has 0 heterocycles. The van der Waals surface area contributed by atoms with E-state index >= 15 is 0 Å². The Morgan fingerprint density at radius 1 is 1.00 bits per heavy atom. The van der Waals surface area contributed by atoms with E-state index in [4.69, 9.17) is 10.2 Å². The Bertz CT molecular complexity index is 545. The topological polar surface area (TPSA) is 97.2 Å². The van der Waals surface area contributed by atoms with Crippen LogP contribution >= 0.6 is 0 Å². The Hall–Kier alpha value is -1.95. The average Bonchev–Trinajstić information content (AvgIpc) is 2.51. The van der Waals surface area contributed by atoms with Gasteiger partial charge in [-0.3, -0.25) is 0 Å². The van der Waals surface area contributed by atoms with Crippen LogP contribution in [0.2, 0.25) is 0 Å². The van der Waals surface area contributed by atoms with Crippen molar-refractivity contribution in [3.05, 3.63) is 48.0 Å². The molecule has 0 saturated carbocycles. The summed E-state index contributed by atoms with van der Waals surface area (Å²) in [4.78, 5) is 10.7. The van der Waals surface area contributed by atoms with E-state index < -0.39 is 5.97 Å². The number of benzene rings is 2. The van der Waals surface area contributed by atoms with E-state index in [1.165, 1.54) is 0 Å². The van der Waals surface area contributed by atoms with Gasteiger partial charge in [0, 0.05) is 18.6 Å². The first-order valence-corrected chi connectivity index (χ1v) is 6.93. The number of nitrogens with two attached hydrogens (primary N) is 1. The number of quaternary nitrogens is 1. The molecule has 0 amide bonds. The highest BCUT2D eigenvalue weighted by molar-refractivity contribution is 6.02. The summed E-state index contributed by atoms with van der Waals surface area (Å²) in [5, 5.41) is 30.9. The van der Waals surface area contributed by atoms with Gasteiger partial charge in [0.1, 0.15) is 0 Å². The fourth-order valence-corrected chi connectivity index (χ4v) is 1.87. The Labute approximate surface area is 123 Å². The van der Waals surface area contributed by atoms with Crippen LogP contribution in [0.1, 0.15) is 16.8 Å². The number of carbonyl (C=O) groups is 1. The first kappa shape index (κ1) is 17.1. The van der Waals surface area contributed by atoms with Crippen LogP contribution in [0, 0.1) is 0 Å². The third-order valence-electron chi connectivity index (χ3n) is 2.91. The largest absolute Gasteiger partial charge is 0.545 e. The smallest absolute Gasteiger partial charge is 0.0990 e. The lowest BCUT2D eigenvalue weighted by Gasteiger charge is -2.05.